The minimum Gasteiger partial charge on any atom is -0.366 e. The molecule has 2 heteroatoms. The highest BCUT2D eigenvalue weighted by atomic mass is 16.5. The average molecular weight is 220 g/mol. The van der Waals surface area contributed by atoms with Crippen LogP contribution in [0.2, 0.25) is 0 Å². The van der Waals surface area contributed by atoms with Crippen LogP contribution in [0.3, 0.4) is 0 Å². The normalized spacial score (nSPS) is 15.5. The molecule has 0 atom stereocenters. The number of likely N-dealkylation sites (N-methyl/N-ethyl adjacent to an activating group) is 1. The van der Waals surface area contributed by atoms with Gasteiger partial charge in [0.05, 0.1) is 5.70 Å². The smallest absolute Gasteiger partial charge is 0.139 e. The van der Waals surface area contributed by atoms with Crippen LogP contribution in [0.1, 0.15) is 33.6 Å². The quantitative estimate of drug-likeness (QED) is 0.634. The highest BCUT2D eigenvalue weighted by molar-refractivity contribution is 5.28. The Labute approximate surface area is 99.3 Å². The van der Waals surface area contributed by atoms with E-state index in [9.17, 15) is 0 Å². The van der Waals surface area contributed by atoms with Gasteiger partial charge >= 0.3 is 0 Å². The van der Waals surface area contributed by atoms with Crippen molar-refractivity contribution >= 4 is 0 Å². The van der Waals surface area contributed by atoms with Crippen LogP contribution < -0.4 is 0 Å². The van der Waals surface area contributed by atoms with Crippen LogP contribution >= 0.6 is 0 Å². The molecule has 1 radical (unpaired) electrons. The maximum Gasteiger partial charge on any atom is 0.139 e. The molecule has 1 heterocycles. The minimum absolute atomic E-state index is 0.810. The van der Waals surface area contributed by atoms with Gasteiger partial charge in [-0.05, 0) is 32.4 Å². The van der Waals surface area contributed by atoms with Crippen LogP contribution in [-0.2, 0) is 4.74 Å². The lowest BCUT2D eigenvalue weighted by Crippen LogP contribution is -2.21. The van der Waals surface area contributed by atoms with Crippen LogP contribution in [0.25, 0.3) is 0 Å². The van der Waals surface area contributed by atoms with E-state index in [0.717, 1.165) is 31.4 Å². The van der Waals surface area contributed by atoms with E-state index in [0.29, 0.717) is 0 Å². The summed E-state index contributed by atoms with van der Waals surface area (Å²) in [5, 5.41) is 0. The number of allylic oxidation sites excluding steroid dienone is 4. The number of unbranched alkanes of at least 4 members (excludes halogenated alkanes) is 1. The maximum absolute atomic E-state index is 5.75. The summed E-state index contributed by atoms with van der Waals surface area (Å²) in [5.74, 6) is 0. The molecule has 0 aromatic rings. The summed E-state index contributed by atoms with van der Waals surface area (Å²) in [6.07, 6.45) is 13.6. The van der Waals surface area contributed by atoms with E-state index in [-0.39, 0.29) is 0 Å². The fraction of sp³-hybridized carbons (Fsp3) is 0.500. The average Bonchev–Trinajstić information content (AvgIpc) is 2.54. The lowest BCUT2D eigenvalue weighted by Gasteiger charge is -2.25. The number of rotatable bonds is 6. The Hall–Kier alpha value is -1.02. The van der Waals surface area contributed by atoms with Crippen molar-refractivity contribution in [1.29, 1.82) is 0 Å². The van der Waals surface area contributed by atoms with Crippen LogP contribution in [0, 0.1) is 6.10 Å². The van der Waals surface area contributed by atoms with Gasteiger partial charge in [0.25, 0.3) is 0 Å². The molecule has 0 unspecified atom stereocenters. The predicted molar refractivity (Wildman–Crippen MR) is 68.5 cm³/mol. The van der Waals surface area contributed by atoms with Crippen molar-refractivity contribution in [3.8, 4) is 0 Å². The molecule has 0 aromatic heterocycles. The fourth-order valence-electron chi connectivity index (χ4n) is 1.58. The first-order valence-corrected chi connectivity index (χ1v) is 6.08. The van der Waals surface area contributed by atoms with Crippen LogP contribution in [-0.4, -0.2) is 18.1 Å². The third kappa shape index (κ3) is 3.86. The highest BCUT2D eigenvalue weighted by Gasteiger charge is 2.15. The minimum atomic E-state index is 0.810. The third-order valence-electron chi connectivity index (χ3n) is 2.57. The Morgan fingerprint density at radius 2 is 2.06 bits per heavy atom. The lowest BCUT2D eigenvalue weighted by atomic mass is 10.2. The molecular weight excluding hydrogens is 198 g/mol. The van der Waals surface area contributed by atoms with Crippen LogP contribution in [0.5, 0.6) is 0 Å². The molecule has 89 valence electrons. The lowest BCUT2D eigenvalue weighted by molar-refractivity contribution is 0.147. The molecule has 1 aliphatic heterocycles. The fourth-order valence-corrected chi connectivity index (χ4v) is 1.58. The molecule has 0 amide bonds. The Bertz CT molecular complexity index is 278. The summed E-state index contributed by atoms with van der Waals surface area (Å²) in [5.41, 5.74) is 1.16. The standard InChI is InChI=1S/C14H22NO/c1-4-6-12-16-13(3)14-10-8-7-9-11-15(14)5-2/h7-11H,4-6,12H2,1-3H3. The Balaban J connectivity index is 2.57. The summed E-state index contributed by atoms with van der Waals surface area (Å²) in [6.45, 7) is 8.12. The van der Waals surface area contributed by atoms with Gasteiger partial charge in [-0.25, -0.2) is 0 Å². The van der Waals surface area contributed by atoms with Crippen molar-refractivity contribution in [3.63, 3.8) is 0 Å². The molecule has 0 saturated carbocycles. The second-order valence-corrected chi connectivity index (χ2v) is 3.82. The van der Waals surface area contributed by atoms with Gasteiger partial charge < -0.3 is 9.64 Å². The van der Waals surface area contributed by atoms with E-state index < -0.39 is 0 Å². The van der Waals surface area contributed by atoms with E-state index >= 15 is 0 Å². The molecule has 16 heavy (non-hydrogen) atoms. The topological polar surface area (TPSA) is 12.5 Å². The molecule has 0 aromatic carbocycles. The summed E-state index contributed by atoms with van der Waals surface area (Å²) < 4.78 is 5.75. The Morgan fingerprint density at radius 1 is 1.25 bits per heavy atom. The molecule has 1 rings (SSSR count). The molecule has 2 nitrogen and oxygen atoms in total. The molecule has 0 fully saturated rings. The zero-order chi connectivity index (χ0) is 11.8. The molecular formula is C14H22NO. The third-order valence-corrected chi connectivity index (χ3v) is 2.57. The zero-order valence-corrected chi connectivity index (χ0v) is 10.6. The van der Waals surface area contributed by atoms with Crippen LogP contribution in [0.4, 0.5) is 0 Å². The first kappa shape index (κ1) is 13.0. The Kier molecular flexibility index (Phi) is 5.94. The second-order valence-electron chi connectivity index (χ2n) is 3.82. The van der Waals surface area contributed by atoms with Gasteiger partial charge in [-0.1, -0.05) is 25.5 Å². The van der Waals surface area contributed by atoms with Crippen molar-refractivity contribution in [1.82, 2.24) is 4.90 Å². The largest absolute Gasteiger partial charge is 0.366 e. The van der Waals surface area contributed by atoms with Crippen molar-refractivity contribution in [2.24, 2.45) is 0 Å². The van der Waals surface area contributed by atoms with Gasteiger partial charge in [0, 0.05) is 19.4 Å². The number of hydrogen-bond acceptors (Lipinski definition) is 2. The van der Waals surface area contributed by atoms with Gasteiger partial charge in [0.1, 0.15) is 6.10 Å². The van der Waals surface area contributed by atoms with Gasteiger partial charge in [-0.2, -0.15) is 0 Å². The van der Waals surface area contributed by atoms with Crippen molar-refractivity contribution in [2.45, 2.75) is 33.6 Å². The number of ether oxygens (including phenoxy) is 1. The summed E-state index contributed by atoms with van der Waals surface area (Å²) in [7, 11) is 0. The van der Waals surface area contributed by atoms with Crippen molar-refractivity contribution in [2.75, 3.05) is 13.2 Å². The Morgan fingerprint density at radius 3 is 2.75 bits per heavy atom. The molecule has 1 aliphatic rings. The van der Waals surface area contributed by atoms with Gasteiger partial charge in [0.2, 0.25) is 0 Å². The highest BCUT2D eigenvalue weighted by Crippen LogP contribution is 2.21. The molecule has 0 aliphatic carbocycles. The molecule has 0 spiro atoms. The van der Waals surface area contributed by atoms with Crippen molar-refractivity contribution in [3.05, 3.63) is 42.3 Å². The zero-order valence-electron chi connectivity index (χ0n) is 10.6. The first-order valence-electron chi connectivity index (χ1n) is 6.08. The molecule has 0 bridgehead atoms. The monoisotopic (exact) mass is 220 g/mol. The SMILES string of the molecule is CCCCO[C](C)C1=CC=CC=CN1CC. The molecule has 0 N–H and O–H groups in total. The van der Waals surface area contributed by atoms with E-state index in [1.807, 2.05) is 25.2 Å². The summed E-state index contributed by atoms with van der Waals surface area (Å²) in [6, 6.07) is 0. The van der Waals surface area contributed by atoms with E-state index in [4.69, 9.17) is 4.74 Å². The molecule has 0 saturated heterocycles. The first-order chi connectivity index (χ1) is 7.79. The maximum atomic E-state index is 5.75. The van der Waals surface area contributed by atoms with E-state index in [2.05, 4.69) is 31.0 Å². The number of hydrogen-bond donors (Lipinski definition) is 0. The van der Waals surface area contributed by atoms with Gasteiger partial charge in [0.15, 0.2) is 0 Å². The van der Waals surface area contributed by atoms with Gasteiger partial charge in [-0.3, -0.25) is 0 Å². The second kappa shape index (κ2) is 7.29. The van der Waals surface area contributed by atoms with E-state index in [1.165, 1.54) is 6.42 Å². The van der Waals surface area contributed by atoms with Crippen molar-refractivity contribution < 1.29 is 4.74 Å². The summed E-state index contributed by atoms with van der Waals surface area (Å²) in [4.78, 5) is 2.20. The van der Waals surface area contributed by atoms with Crippen LogP contribution in [0.15, 0.2) is 36.2 Å². The predicted octanol–water partition coefficient (Wildman–Crippen LogP) is 3.64. The number of nitrogens with zero attached hydrogens (tertiary/aromatic N) is 1. The van der Waals surface area contributed by atoms with E-state index in [1.54, 1.807) is 0 Å². The summed E-state index contributed by atoms with van der Waals surface area (Å²) >= 11 is 0. The van der Waals surface area contributed by atoms with Gasteiger partial charge in [-0.15, -0.1) is 0 Å².